The first kappa shape index (κ1) is 15.0. The van der Waals surface area contributed by atoms with E-state index in [9.17, 15) is 9.59 Å². The van der Waals surface area contributed by atoms with Crippen molar-refractivity contribution in [1.82, 2.24) is 10.1 Å². The molecule has 0 unspecified atom stereocenters. The SMILES string of the molecule is CC(C)(C)OC(=O)N(CCN)C(=O)Nc1ccno1. The molecule has 0 atom stereocenters. The van der Waals surface area contributed by atoms with Gasteiger partial charge in [-0.15, -0.1) is 0 Å². The van der Waals surface area contributed by atoms with E-state index in [1.807, 2.05) is 0 Å². The van der Waals surface area contributed by atoms with Gasteiger partial charge in [0.2, 0.25) is 5.88 Å². The van der Waals surface area contributed by atoms with Crippen LogP contribution in [0.3, 0.4) is 0 Å². The van der Waals surface area contributed by atoms with Crippen LogP contribution >= 0.6 is 0 Å². The topological polar surface area (TPSA) is 111 Å². The number of aromatic nitrogens is 1. The predicted octanol–water partition coefficient (Wildman–Crippen LogP) is 1.40. The van der Waals surface area contributed by atoms with Crippen LogP contribution in [-0.4, -0.2) is 40.9 Å². The molecule has 0 aliphatic rings. The fourth-order valence-corrected chi connectivity index (χ4v) is 1.17. The molecule has 3 amide bonds. The largest absolute Gasteiger partial charge is 0.443 e. The zero-order chi connectivity index (χ0) is 14.5. The first-order valence-electron chi connectivity index (χ1n) is 5.76. The fraction of sp³-hybridized carbons (Fsp3) is 0.545. The zero-order valence-corrected chi connectivity index (χ0v) is 11.2. The molecule has 1 heterocycles. The second-order valence-electron chi connectivity index (χ2n) is 4.73. The Labute approximate surface area is 110 Å². The predicted molar refractivity (Wildman–Crippen MR) is 67.5 cm³/mol. The highest BCUT2D eigenvalue weighted by molar-refractivity contribution is 5.98. The molecule has 0 saturated heterocycles. The first-order valence-corrected chi connectivity index (χ1v) is 5.76. The summed E-state index contributed by atoms with van der Waals surface area (Å²) in [5.74, 6) is 0.135. The summed E-state index contributed by atoms with van der Waals surface area (Å²) >= 11 is 0. The van der Waals surface area contributed by atoms with E-state index in [1.165, 1.54) is 12.3 Å². The third-order valence-corrected chi connectivity index (χ3v) is 1.88. The van der Waals surface area contributed by atoms with Gasteiger partial charge < -0.3 is 15.0 Å². The van der Waals surface area contributed by atoms with E-state index >= 15 is 0 Å². The van der Waals surface area contributed by atoms with Crippen molar-refractivity contribution in [1.29, 1.82) is 0 Å². The van der Waals surface area contributed by atoms with Crippen molar-refractivity contribution >= 4 is 18.0 Å². The highest BCUT2D eigenvalue weighted by atomic mass is 16.6. The fourth-order valence-electron chi connectivity index (χ4n) is 1.17. The van der Waals surface area contributed by atoms with Crippen LogP contribution in [0.5, 0.6) is 0 Å². The molecule has 0 aliphatic carbocycles. The highest BCUT2D eigenvalue weighted by Gasteiger charge is 2.27. The normalized spacial score (nSPS) is 10.9. The maximum atomic E-state index is 11.9. The van der Waals surface area contributed by atoms with Crippen molar-refractivity contribution in [2.24, 2.45) is 5.73 Å². The summed E-state index contributed by atoms with van der Waals surface area (Å²) in [6, 6.07) is 0.768. The smallest absolute Gasteiger partial charge is 0.418 e. The molecule has 0 aromatic carbocycles. The number of nitrogens with zero attached hydrogens (tertiary/aromatic N) is 2. The van der Waals surface area contributed by atoms with Gasteiger partial charge in [0.25, 0.3) is 0 Å². The van der Waals surface area contributed by atoms with Crippen molar-refractivity contribution in [3.8, 4) is 0 Å². The standard InChI is InChI=1S/C11H18N4O4/c1-11(2,3)18-10(17)15(7-5-12)9(16)14-8-4-6-13-19-8/h4,6H,5,7,12H2,1-3H3,(H,14,16). The second kappa shape index (κ2) is 6.19. The Balaban J connectivity index is 2.70. The van der Waals surface area contributed by atoms with Gasteiger partial charge in [-0.25, -0.2) is 14.5 Å². The molecule has 1 aromatic heterocycles. The van der Waals surface area contributed by atoms with E-state index in [-0.39, 0.29) is 19.0 Å². The summed E-state index contributed by atoms with van der Waals surface area (Å²) in [7, 11) is 0. The number of nitrogens with two attached hydrogens (primary N) is 1. The molecule has 8 heteroatoms. The molecule has 0 spiro atoms. The summed E-state index contributed by atoms with van der Waals surface area (Å²) in [5.41, 5.74) is 4.68. The van der Waals surface area contributed by atoms with Gasteiger partial charge in [-0.1, -0.05) is 5.16 Å². The number of ether oxygens (including phenoxy) is 1. The summed E-state index contributed by atoms with van der Waals surface area (Å²) in [6.07, 6.45) is 0.603. The van der Waals surface area contributed by atoms with Crippen LogP contribution < -0.4 is 11.1 Å². The molecule has 1 rings (SSSR count). The van der Waals surface area contributed by atoms with Gasteiger partial charge in [-0.2, -0.15) is 0 Å². The van der Waals surface area contributed by atoms with E-state index in [4.69, 9.17) is 15.0 Å². The third-order valence-electron chi connectivity index (χ3n) is 1.88. The minimum atomic E-state index is -0.769. The summed E-state index contributed by atoms with van der Waals surface area (Å²) < 4.78 is 9.84. The van der Waals surface area contributed by atoms with Gasteiger partial charge in [0.15, 0.2) is 0 Å². The lowest BCUT2D eigenvalue weighted by molar-refractivity contribution is 0.0336. The number of amides is 3. The molecule has 0 aliphatic heterocycles. The molecular weight excluding hydrogens is 252 g/mol. The molecule has 0 fully saturated rings. The second-order valence-corrected chi connectivity index (χ2v) is 4.73. The van der Waals surface area contributed by atoms with Crippen LogP contribution in [0.15, 0.2) is 16.8 Å². The van der Waals surface area contributed by atoms with Crippen LogP contribution in [0.1, 0.15) is 20.8 Å². The zero-order valence-electron chi connectivity index (χ0n) is 11.2. The van der Waals surface area contributed by atoms with E-state index in [0.29, 0.717) is 0 Å². The van der Waals surface area contributed by atoms with E-state index in [2.05, 4.69) is 10.5 Å². The van der Waals surface area contributed by atoms with E-state index < -0.39 is 17.7 Å². The molecule has 19 heavy (non-hydrogen) atoms. The number of urea groups is 1. The maximum absolute atomic E-state index is 11.9. The Morgan fingerprint density at radius 3 is 2.68 bits per heavy atom. The van der Waals surface area contributed by atoms with Crippen molar-refractivity contribution in [3.05, 3.63) is 12.3 Å². The monoisotopic (exact) mass is 270 g/mol. The lowest BCUT2D eigenvalue weighted by Crippen LogP contribution is -2.45. The minimum Gasteiger partial charge on any atom is -0.443 e. The van der Waals surface area contributed by atoms with E-state index in [0.717, 1.165) is 4.90 Å². The van der Waals surface area contributed by atoms with Crippen LogP contribution in [-0.2, 0) is 4.74 Å². The number of carbonyl (C=O) groups excluding carboxylic acids is 2. The van der Waals surface area contributed by atoms with Crippen LogP contribution in [0.25, 0.3) is 0 Å². The van der Waals surface area contributed by atoms with Crippen LogP contribution in [0, 0.1) is 0 Å². The molecule has 3 N–H and O–H groups in total. The molecule has 1 aromatic rings. The highest BCUT2D eigenvalue weighted by Crippen LogP contribution is 2.11. The summed E-state index contributed by atoms with van der Waals surface area (Å²) in [5, 5.41) is 5.81. The molecule has 8 nitrogen and oxygen atoms in total. The van der Waals surface area contributed by atoms with Crippen LogP contribution in [0.2, 0.25) is 0 Å². The van der Waals surface area contributed by atoms with Gasteiger partial charge in [0.05, 0.1) is 6.20 Å². The average molecular weight is 270 g/mol. The molecule has 0 saturated carbocycles. The van der Waals surface area contributed by atoms with Crippen LogP contribution in [0.4, 0.5) is 15.5 Å². The van der Waals surface area contributed by atoms with Gasteiger partial charge in [0, 0.05) is 19.2 Å². The number of hydrogen-bond donors (Lipinski definition) is 2. The molecule has 0 bridgehead atoms. The minimum absolute atomic E-state index is 0.0366. The number of rotatable bonds is 3. The molecular formula is C11H18N4O4. The van der Waals surface area contributed by atoms with Crippen molar-refractivity contribution in [3.63, 3.8) is 0 Å². The Kier molecular flexibility index (Phi) is 4.87. The quantitative estimate of drug-likeness (QED) is 0.858. The Morgan fingerprint density at radius 2 is 2.21 bits per heavy atom. The number of anilines is 1. The van der Waals surface area contributed by atoms with E-state index in [1.54, 1.807) is 20.8 Å². The summed E-state index contributed by atoms with van der Waals surface area (Å²) in [6.45, 7) is 5.29. The maximum Gasteiger partial charge on any atom is 0.418 e. The van der Waals surface area contributed by atoms with Gasteiger partial charge >= 0.3 is 12.1 Å². The Morgan fingerprint density at radius 1 is 1.53 bits per heavy atom. The number of carbonyl (C=O) groups is 2. The Bertz CT molecular complexity index is 424. The number of imide groups is 1. The lowest BCUT2D eigenvalue weighted by atomic mass is 10.2. The van der Waals surface area contributed by atoms with Crippen molar-refractivity contribution < 1.29 is 18.8 Å². The summed E-state index contributed by atoms with van der Waals surface area (Å²) in [4.78, 5) is 24.6. The molecule has 0 radical (unpaired) electrons. The van der Waals surface area contributed by atoms with Crippen molar-refractivity contribution in [2.75, 3.05) is 18.4 Å². The first-order chi connectivity index (χ1) is 8.83. The Hall–Kier alpha value is -2.09. The number of nitrogens with one attached hydrogen (secondary N) is 1. The lowest BCUT2D eigenvalue weighted by Gasteiger charge is -2.25. The van der Waals surface area contributed by atoms with Gasteiger partial charge in [-0.3, -0.25) is 5.32 Å². The molecule has 106 valence electrons. The van der Waals surface area contributed by atoms with Gasteiger partial charge in [-0.05, 0) is 20.8 Å². The average Bonchev–Trinajstić information content (AvgIpc) is 2.75. The van der Waals surface area contributed by atoms with Gasteiger partial charge in [0.1, 0.15) is 5.60 Å². The third kappa shape index (κ3) is 4.96. The van der Waals surface area contributed by atoms with Crippen molar-refractivity contribution in [2.45, 2.75) is 26.4 Å². The number of hydrogen-bond acceptors (Lipinski definition) is 6.